The number of carbonyl (C=O) groups is 1. The largest absolute Gasteiger partial charge is 0.361 e. The number of aryl methyl sites for hydroxylation is 1. The monoisotopic (exact) mass is 374 g/mol. The van der Waals surface area contributed by atoms with Gasteiger partial charge in [0.05, 0.1) is 4.88 Å². The predicted molar refractivity (Wildman–Crippen MR) is 113 cm³/mol. The molecule has 1 amide bonds. The molecule has 4 rings (SSSR count). The topological polar surface area (TPSA) is 44.9 Å². The Kier molecular flexibility index (Phi) is 5.07. The summed E-state index contributed by atoms with van der Waals surface area (Å²) >= 11 is 1.51. The normalized spacial score (nSPS) is 12.2. The second kappa shape index (κ2) is 7.80. The molecule has 2 aromatic heterocycles. The molecule has 0 aliphatic carbocycles. The van der Waals surface area contributed by atoms with Crippen LogP contribution in [0.1, 0.15) is 39.2 Å². The number of hydrogen-bond acceptors (Lipinski definition) is 2. The highest BCUT2D eigenvalue weighted by Crippen LogP contribution is 2.30. The molecule has 0 spiro atoms. The molecule has 1 atom stereocenters. The summed E-state index contributed by atoms with van der Waals surface area (Å²) in [5.74, 6) is 0.110. The Morgan fingerprint density at radius 3 is 2.67 bits per heavy atom. The molecule has 0 saturated carbocycles. The van der Waals surface area contributed by atoms with Gasteiger partial charge in [-0.25, -0.2) is 0 Å². The van der Waals surface area contributed by atoms with Gasteiger partial charge in [-0.1, -0.05) is 55.5 Å². The summed E-state index contributed by atoms with van der Waals surface area (Å²) in [7, 11) is 0. The van der Waals surface area contributed by atoms with Crippen LogP contribution in [-0.4, -0.2) is 17.4 Å². The summed E-state index contributed by atoms with van der Waals surface area (Å²) < 4.78 is 0. The van der Waals surface area contributed by atoms with Crippen molar-refractivity contribution in [2.24, 2.45) is 0 Å². The van der Waals surface area contributed by atoms with Crippen LogP contribution in [0.2, 0.25) is 0 Å². The lowest BCUT2D eigenvalue weighted by Crippen LogP contribution is -2.28. The first-order chi connectivity index (χ1) is 13.3. The number of amides is 1. The average molecular weight is 375 g/mol. The first-order valence-electron chi connectivity index (χ1n) is 9.23. The summed E-state index contributed by atoms with van der Waals surface area (Å²) in [4.78, 5) is 16.9. The van der Waals surface area contributed by atoms with E-state index in [1.807, 2.05) is 35.7 Å². The molecule has 2 aromatic carbocycles. The molecule has 4 aromatic rings. The lowest BCUT2D eigenvalue weighted by atomic mass is 9.91. The smallest absolute Gasteiger partial charge is 0.261 e. The van der Waals surface area contributed by atoms with Crippen molar-refractivity contribution >= 4 is 28.1 Å². The van der Waals surface area contributed by atoms with E-state index >= 15 is 0 Å². The van der Waals surface area contributed by atoms with Gasteiger partial charge in [-0.2, -0.15) is 0 Å². The van der Waals surface area contributed by atoms with E-state index in [0.29, 0.717) is 6.54 Å². The minimum absolute atomic E-state index is 0.0163. The highest BCUT2D eigenvalue weighted by molar-refractivity contribution is 7.12. The molecule has 3 nitrogen and oxygen atoms in total. The molecule has 4 heteroatoms. The van der Waals surface area contributed by atoms with Gasteiger partial charge in [0.2, 0.25) is 0 Å². The number of rotatable bonds is 6. The predicted octanol–water partition coefficient (Wildman–Crippen LogP) is 5.35. The molecule has 0 aliphatic rings. The van der Waals surface area contributed by atoms with Crippen LogP contribution in [-0.2, 0) is 6.42 Å². The van der Waals surface area contributed by atoms with Crippen LogP contribution in [0.25, 0.3) is 10.9 Å². The minimum atomic E-state index is 0.0163. The molecule has 2 N–H and O–H groups in total. The van der Waals surface area contributed by atoms with Gasteiger partial charge in [0.1, 0.15) is 0 Å². The molecular formula is C23H22N2OS. The number of benzene rings is 2. The van der Waals surface area contributed by atoms with Gasteiger partial charge in [-0.05, 0) is 40.6 Å². The standard InChI is InChI=1S/C23H22N2OS/c1-2-16-12-13-27-22(16)23(26)25-14-19(17-8-4-3-5-9-17)20-15-24-21-11-7-6-10-18(20)21/h3-13,15,19,24H,2,14H2,1H3,(H,25,26). The van der Waals surface area contributed by atoms with E-state index in [1.54, 1.807) is 0 Å². The lowest BCUT2D eigenvalue weighted by molar-refractivity contribution is 0.0955. The number of fused-ring (bicyclic) bond motifs is 1. The lowest BCUT2D eigenvalue weighted by Gasteiger charge is -2.18. The van der Waals surface area contributed by atoms with E-state index in [9.17, 15) is 4.79 Å². The van der Waals surface area contributed by atoms with Crippen LogP contribution in [0, 0.1) is 0 Å². The third-order valence-corrected chi connectivity index (χ3v) is 5.95. The van der Waals surface area contributed by atoms with Gasteiger partial charge in [-0.15, -0.1) is 11.3 Å². The number of H-pyrrole nitrogens is 1. The van der Waals surface area contributed by atoms with E-state index in [4.69, 9.17) is 0 Å². The number of aromatic nitrogens is 1. The molecule has 27 heavy (non-hydrogen) atoms. The van der Waals surface area contributed by atoms with Crippen molar-refractivity contribution in [3.63, 3.8) is 0 Å². The maximum absolute atomic E-state index is 12.7. The molecule has 2 heterocycles. The number of hydrogen-bond donors (Lipinski definition) is 2. The zero-order valence-electron chi connectivity index (χ0n) is 15.2. The van der Waals surface area contributed by atoms with Crippen molar-refractivity contribution in [3.05, 3.63) is 93.8 Å². The van der Waals surface area contributed by atoms with Crippen LogP contribution in [0.15, 0.2) is 72.2 Å². The van der Waals surface area contributed by atoms with Gasteiger partial charge in [0.25, 0.3) is 5.91 Å². The average Bonchev–Trinajstić information content (AvgIpc) is 3.36. The fourth-order valence-corrected chi connectivity index (χ4v) is 4.47. The van der Waals surface area contributed by atoms with Crippen LogP contribution < -0.4 is 5.32 Å². The van der Waals surface area contributed by atoms with Gasteiger partial charge in [0, 0.05) is 29.6 Å². The summed E-state index contributed by atoms with van der Waals surface area (Å²) in [6.07, 6.45) is 2.94. The SMILES string of the molecule is CCc1ccsc1C(=O)NCC(c1ccccc1)c1c[nH]c2ccccc12. The van der Waals surface area contributed by atoms with E-state index in [1.165, 1.54) is 27.8 Å². The number of thiophene rings is 1. The van der Waals surface area contributed by atoms with Gasteiger partial charge in [-0.3, -0.25) is 4.79 Å². The molecule has 1 unspecified atom stereocenters. The van der Waals surface area contributed by atoms with Crippen molar-refractivity contribution < 1.29 is 4.79 Å². The summed E-state index contributed by atoms with van der Waals surface area (Å²) in [5.41, 5.74) is 4.63. The van der Waals surface area contributed by atoms with E-state index in [-0.39, 0.29) is 11.8 Å². The molecule has 0 radical (unpaired) electrons. The van der Waals surface area contributed by atoms with E-state index in [0.717, 1.165) is 22.4 Å². The Morgan fingerprint density at radius 2 is 1.85 bits per heavy atom. The van der Waals surface area contributed by atoms with Gasteiger partial charge < -0.3 is 10.3 Å². The molecule has 0 saturated heterocycles. The molecule has 136 valence electrons. The Hall–Kier alpha value is -2.85. The van der Waals surface area contributed by atoms with Crippen LogP contribution in [0.5, 0.6) is 0 Å². The maximum Gasteiger partial charge on any atom is 0.261 e. The van der Waals surface area contributed by atoms with Crippen molar-refractivity contribution in [1.82, 2.24) is 10.3 Å². The van der Waals surface area contributed by atoms with E-state index in [2.05, 4.69) is 53.8 Å². The van der Waals surface area contributed by atoms with Crippen molar-refractivity contribution in [3.8, 4) is 0 Å². The fraction of sp³-hybridized carbons (Fsp3) is 0.174. The van der Waals surface area contributed by atoms with Gasteiger partial charge in [0.15, 0.2) is 0 Å². The first-order valence-corrected chi connectivity index (χ1v) is 10.1. The Bertz CT molecular complexity index is 1050. The van der Waals surface area contributed by atoms with Crippen molar-refractivity contribution in [2.45, 2.75) is 19.3 Å². The quantitative estimate of drug-likeness (QED) is 0.469. The molecule has 0 bridgehead atoms. The number of carbonyl (C=O) groups excluding carboxylic acids is 1. The Balaban J connectivity index is 1.64. The van der Waals surface area contributed by atoms with Crippen molar-refractivity contribution in [2.75, 3.05) is 6.54 Å². The number of nitrogens with one attached hydrogen (secondary N) is 2. The van der Waals surface area contributed by atoms with Crippen LogP contribution in [0.4, 0.5) is 0 Å². The zero-order valence-corrected chi connectivity index (χ0v) is 16.1. The zero-order chi connectivity index (χ0) is 18.6. The highest BCUT2D eigenvalue weighted by Gasteiger charge is 2.20. The van der Waals surface area contributed by atoms with Crippen LogP contribution in [0.3, 0.4) is 0 Å². The summed E-state index contributed by atoms with van der Waals surface area (Å²) in [5, 5.41) is 6.36. The van der Waals surface area contributed by atoms with E-state index < -0.39 is 0 Å². The second-order valence-corrected chi connectivity index (χ2v) is 7.51. The Morgan fingerprint density at radius 1 is 1.07 bits per heavy atom. The summed E-state index contributed by atoms with van der Waals surface area (Å²) in [6, 6.07) is 20.7. The highest BCUT2D eigenvalue weighted by atomic mass is 32.1. The third kappa shape index (κ3) is 3.53. The number of para-hydroxylation sites is 1. The van der Waals surface area contributed by atoms with Crippen molar-refractivity contribution in [1.29, 1.82) is 0 Å². The number of aromatic amines is 1. The third-order valence-electron chi connectivity index (χ3n) is 5.00. The summed E-state index contributed by atoms with van der Waals surface area (Å²) in [6.45, 7) is 2.64. The Labute approximate surface area is 163 Å². The van der Waals surface area contributed by atoms with Crippen LogP contribution >= 0.6 is 11.3 Å². The minimum Gasteiger partial charge on any atom is -0.361 e. The second-order valence-electron chi connectivity index (χ2n) is 6.59. The van der Waals surface area contributed by atoms with Gasteiger partial charge >= 0.3 is 0 Å². The molecular weight excluding hydrogens is 352 g/mol. The maximum atomic E-state index is 12.7. The molecule has 0 fully saturated rings. The first kappa shape index (κ1) is 17.6. The molecule has 0 aliphatic heterocycles. The fourth-order valence-electron chi connectivity index (χ4n) is 3.56.